The van der Waals surface area contributed by atoms with Crippen LogP contribution in [0.2, 0.25) is 0 Å². The molecule has 1 fully saturated rings. The minimum Gasteiger partial charge on any atom is -0.461 e. The molecular formula is C26H23NO5S. The van der Waals surface area contributed by atoms with E-state index in [1.165, 1.54) is 23.6 Å². The van der Waals surface area contributed by atoms with E-state index < -0.39 is 24.1 Å². The number of esters is 2. The van der Waals surface area contributed by atoms with Gasteiger partial charge in [-0.15, -0.1) is 11.8 Å². The Morgan fingerprint density at radius 1 is 1.09 bits per heavy atom. The monoisotopic (exact) mass is 461 g/mol. The van der Waals surface area contributed by atoms with Crippen molar-refractivity contribution in [3.05, 3.63) is 107 Å². The summed E-state index contributed by atoms with van der Waals surface area (Å²) in [5, 5.41) is 1.46. The third-order valence-electron chi connectivity index (χ3n) is 5.38. The van der Waals surface area contributed by atoms with Gasteiger partial charge in [0.25, 0.3) is 5.91 Å². The lowest BCUT2D eigenvalue weighted by molar-refractivity contribution is -0.159. The van der Waals surface area contributed by atoms with E-state index in [9.17, 15) is 14.4 Å². The maximum atomic E-state index is 13.6. The predicted molar refractivity (Wildman–Crippen MR) is 126 cm³/mol. The van der Waals surface area contributed by atoms with Gasteiger partial charge in [0.05, 0.1) is 5.57 Å². The second-order valence-electron chi connectivity index (χ2n) is 7.57. The maximum absolute atomic E-state index is 13.6. The number of hydrogen-bond donors (Lipinski definition) is 0. The molecule has 6 nitrogen and oxygen atoms in total. The summed E-state index contributed by atoms with van der Waals surface area (Å²) in [6.45, 7) is 4.86. The molecule has 2 heterocycles. The highest BCUT2D eigenvalue weighted by Crippen LogP contribution is 2.44. The first-order valence-electron chi connectivity index (χ1n) is 10.4. The average Bonchev–Trinajstić information content (AvgIpc) is 2.84. The fourth-order valence-corrected chi connectivity index (χ4v) is 5.01. The Morgan fingerprint density at radius 2 is 1.70 bits per heavy atom. The zero-order valence-electron chi connectivity index (χ0n) is 18.0. The van der Waals surface area contributed by atoms with E-state index in [4.69, 9.17) is 9.47 Å². The molecule has 2 atom stereocenters. The van der Waals surface area contributed by atoms with Crippen LogP contribution in [0.15, 0.2) is 95.9 Å². The van der Waals surface area contributed by atoms with Crippen molar-refractivity contribution >= 4 is 29.6 Å². The van der Waals surface area contributed by atoms with Crippen LogP contribution < -0.4 is 0 Å². The molecule has 0 bridgehead atoms. The normalized spacial score (nSPS) is 20.5. The van der Waals surface area contributed by atoms with Crippen LogP contribution in [0, 0.1) is 0 Å². The van der Waals surface area contributed by atoms with Crippen molar-refractivity contribution in [2.45, 2.75) is 24.4 Å². The highest BCUT2D eigenvalue weighted by Gasteiger charge is 2.52. The fourth-order valence-electron chi connectivity index (χ4n) is 3.84. The maximum Gasteiger partial charge on any atom is 0.334 e. The van der Waals surface area contributed by atoms with E-state index in [1.54, 1.807) is 17.6 Å². The van der Waals surface area contributed by atoms with Crippen LogP contribution in [0.1, 0.15) is 24.2 Å². The second-order valence-corrected chi connectivity index (χ2v) is 8.53. The number of fused-ring (bicyclic) bond motifs is 1. The summed E-state index contributed by atoms with van der Waals surface area (Å²) >= 11 is 1.39. The quantitative estimate of drug-likeness (QED) is 0.350. The summed E-state index contributed by atoms with van der Waals surface area (Å²) in [6, 6.07) is 17.9. The molecule has 0 unspecified atom stereocenters. The Kier molecular flexibility index (Phi) is 6.79. The van der Waals surface area contributed by atoms with Gasteiger partial charge in [0.2, 0.25) is 0 Å². The minimum atomic E-state index is -0.986. The number of thioether (sulfide) groups is 1. The van der Waals surface area contributed by atoms with E-state index >= 15 is 0 Å². The Morgan fingerprint density at radius 3 is 2.24 bits per heavy atom. The van der Waals surface area contributed by atoms with Crippen LogP contribution >= 0.6 is 11.8 Å². The van der Waals surface area contributed by atoms with Gasteiger partial charge in [-0.05, 0) is 16.5 Å². The number of carbonyl (C=O) groups excluding carboxylic acids is 3. The number of ether oxygens (including phenoxy) is 2. The molecule has 0 N–H and O–H groups in total. The van der Waals surface area contributed by atoms with Gasteiger partial charge in [-0.1, -0.05) is 79.4 Å². The van der Waals surface area contributed by atoms with Gasteiger partial charge in [0, 0.05) is 12.5 Å². The largest absolute Gasteiger partial charge is 0.461 e. The zero-order valence-corrected chi connectivity index (χ0v) is 18.9. The molecule has 0 aromatic heterocycles. The van der Waals surface area contributed by atoms with Gasteiger partial charge in [-0.3, -0.25) is 9.59 Å². The molecule has 0 spiro atoms. The molecule has 0 radical (unpaired) electrons. The van der Waals surface area contributed by atoms with E-state index in [1.807, 2.05) is 60.7 Å². The molecule has 168 valence electrons. The Hall–Kier alpha value is -3.58. The number of β-lactam (4-membered cyclic amide) rings is 1. The lowest BCUT2D eigenvalue weighted by Gasteiger charge is -2.48. The first-order chi connectivity index (χ1) is 16.0. The molecule has 33 heavy (non-hydrogen) atoms. The third-order valence-corrected chi connectivity index (χ3v) is 6.56. The van der Waals surface area contributed by atoms with Gasteiger partial charge < -0.3 is 14.4 Å². The number of amides is 1. The average molecular weight is 462 g/mol. The molecule has 0 aliphatic carbocycles. The van der Waals surface area contributed by atoms with Crippen LogP contribution in [0.25, 0.3) is 0 Å². The smallest absolute Gasteiger partial charge is 0.334 e. The molecule has 4 rings (SSSR count). The van der Waals surface area contributed by atoms with E-state index in [0.29, 0.717) is 11.1 Å². The van der Waals surface area contributed by atoms with E-state index in [0.717, 1.165) is 11.1 Å². The molecule has 2 aromatic carbocycles. The standard InChI is InChI=1S/C26H23NO5S/c1-3-10-21-24(29)27-22(20(15-31-17(2)28)16-33-25(21)27)26(30)32-23(18-11-6-4-7-12-18)19-13-8-5-9-14-19/h3-14,16,22-23,25H,1,15H2,2H3/b21-10+/t22-,25-/m1/s1. The summed E-state index contributed by atoms with van der Waals surface area (Å²) in [5.41, 5.74) is 2.69. The van der Waals surface area contributed by atoms with Gasteiger partial charge >= 0.3 is 11.9 Å². The minimum absolute atomic E-state index is 0.0968. The van der Waals surface area contributed by atoms with Crippen LogP contribution in [-0.2, 0) is 23.9 Å². The molecule has 7 heteroatoms. The van der Waals surface area contributed by atoms with Crippen LogP contribution in [0.4, 0.5) is 0 Å². The van der Waals surface area contributed by atoms with Crippen molar-refractivity contribution in [2.75, 3.05) is 6.61 Å². The van der Waals surface area contributed by atoms with Crippen molar-refractivity contribution in [3.8, 4) is 0 Å². The molecule has 0 saturated carbocycles. The predicted octanol–water partition coefficient (Wildman–Crippen LogP) is 4.16. The summed E-state index contributed by atoms with van der Waals surface area (Å²) in [7, 11) is 0. The molecule has 2 aromatic rings. The van der Waals surface area contributed by atoms with Gasteiger partial charge in [-0.2, -0.15) is 0 Å². The lowest BCUT2D eigenvalue weighted by atomic mass is 9.97. The fraction of sp³-hybridized carbons (Fsp3) is 0.192. The van der Waals surface area contributed by atoms with E-state index in [2.05, 4.69) is 6.58 Å². The van der Waals surface area contributed by atoms with Gasteiger partial charge in [-0.25, -0.2) is 4.79 Å². The Balaban J connectivity index is 1.66. The SMILES string of the molecule is C=C/C=C1\C(=O)N2[C@@H](C(=O)OC(c3ccccc3)c3ccccc3)C(COC(C)=O)=CS[C@H]12. The van der Waals surface area contributed by atoms with Crippen molar-refractivity contribution in [3.63, 3.8) is 0 Å². The Labute approximate surface area is 196 Å². The van der Waals surface area contributed by atoms with Crippen molar-refractivity contribution in [1.29, 1.82) is 0 Å². The number of benzene rings is 2. The number of hydrogen-bond acceptors (Lipinski definition) is 6. The summed E-state index contributed by atoms with van der Waals surface area (Å²) in [4.78, 5) is 39.3. The molecular weight excluding hydrogens is 438 g/mol. The summed E-state index contributed by atoms with van der Waals surface area (Å²) in [5.74, 6) is -1.31. The van der Waals surface area contributed by atoms with Crippen molar-refractivity contribution in [2.24, 2.45) is 0 Å². The Bertz CT molecular complexity index is 1090. The lowest BCUT2D eigenvalue weighted by Crippen LogP contribution is -2.62. The molecule has 1 saturated heterocycles. The highest BCUT2D eigenvalue weighted by molar-refractivity contribution is 8.03. The first-order valence-corrected chi connectivity index (χ1v) is 11.4. The highest BCUT2D eigenvalue weighted by atomic mass is 32.2. The number of nitrogens with zero attached hydrogens (tertiary/aromatic N) is 1. The van der Waals surface area contributed by atoms with Crippen molar-refractivity contribution < 1.29 is 23.9 Å². The van der Waals surface area contributed by atoms with Crippen LogP contribution in [-0.4, -0.2) is 40.8 Å². The topological polar surface area (TPSA) is 72.9 Å². The van der Waals surface area contributed by atoms with E-state index in [-0.39, 0.29) is 17.9 Å². The third kappa shape index (κ3) is 4.64. The molecule has 1 amide bonds. The second kappa shape index (κ2) is 9.92. The number of allylic oxidation sites excluding steroid dienone is 2. The van der Waals surface area contributed by atoms with Crippen molar-refractivity contribution in [1.82, 2.24) is 4.90 Å². The van der Waals surface area contributed by atoms with Crippen LogP contribution in [0.5, 0.6) is 0 Å². The van der Waals surface area contributed by atoms with Crippen LogP contribution in [0.3, 0.4) is 0 Å². The summed E-state index contributed by atoms with van der Waals surface area (Å²) < 4.78 is 11.2. The van der Waals surface area contributed by atoms with Gasteiger partial charge in [0.1, 0.15) is 12.0 Å². The zero-order chi connectivity index (χ0) is 23.4. The van der Waals surface area contributed by atoms with Gasteiger partial charge in [0.15, 0.2) is 12.1 Å². The first kappa shape index (κ1) is 22.6. The molecule has 2 aliphatic rings. The molecule has 2 aliphatic heterocycles. The number of rotatable bonds is 7. The number of carbonyl (C=O) groups is 3. The summed E-state index contributed by atoms with van der Waals surface area (Å²) in [6.07, 6.45) is 2.56.